The summed E-state index contributed by atoms with van der Waals surface area (Å²) in [6.45, 7) is 3.98. The topological polar surface area (TPSA) is 59.3 Å². The van der Waals surface area contributed by atoms with Gasteiger partial charge in [0.15, 0.2) is 0 Å². The third kappa shape index (κ3) is 3.43. The molecule has 0 fully saturated rings. The van der Waals surface area contributed by atoms with Crippen molar-refractivity contribution in [1.29, 1.82) is 0 Å². The molecule has 0 saturated heterocycles. The summed E-state index contributed by atoms with van der Waals surface area (Å²) in [4.78, 5) is 17.5. The molecule has 4 rings (SSSR count). The van der Waals surface area contributed by atoms with Crippen LogP contribution in [0.5, 0.6) is 0 Å². The van der Waals surface area contributed by atoms with Crippen LogP contribution in [0, 0.1) is 13.8 Å². The third-order valence-corrected chi connectivity index (χ3v) is 5.65. The van der Waals surface area contributed by atoms with Crippen LogP contribution in [-0.4, -0.2) is 20.5 Å². The highest BCUT2D eigenvalue weighted by atomic mass is 35.5. The average Bonchev–Trinajstić information content (AvgIpc) is 3.18. The zero-order valence-electron chi connectivity index (χ0n) is 14.5. The number of amides is 1. The smallest absolute Gasteiger partial charge is 0.258 e. The second-order valence-electron chi connectivity index (χ2n) is 6.13. The van der Waals surface area contributed by atoms with Gasteiger partial charge in [-0.15, -0.1) is 16.4 Å². The van der Waals surface area contributed by atoms with Crippen LogP contribution in [0.4, 0.5) is 5.95 Å². The normalized spacial score (nSPS) is 11.1. The Morgan fingerprint density at radius 3 is 2.67 bits per heavy atom. The quantitative estimate of drug-likeness (QED) is 0.470. The van der Waals surface area contributed by atoms with Gasteiger partial charge in [0.25, 0.3) is 11.9 Å². The summed E-state index contributed by atoms with van der Waals surface area (Å²) in [6.07, 6.45) is 0. The van der Waals surface area contributed by atoms with Crippen molar-refractivity contribution in [3.05, 3.63) is 68.5 Å². The number of anilines is 1. The average molecular weight is 417 g/mol. The highest BCUT2D eigenvalue weighted by Crippen LogP contribution is 2.33. The lowest BCUT2D eigenvalue weighted by atomic mass is 10.1. The Balaban J connectivity index is 1.65. The summed E-state index contributed by atoms with van der Waals surface area (Å²) in [6, 6.07) is 10.8. The Morgan fingerprint density at radius 2 is 1.93 bits per heavy atom. The zero-order chi connectivity index (χ0) is 19.1. The van der Waals surface area contributed by atoms with Crippen LogP contribution in [-0.2, 0) is 0 Å². The lowest BCUT2D eigenvalue weighted by Crippen LogP contribution is -2.13. The number of thiazole rings is 1. The predicted octanol–water partition coefficient (Wildman–Crippen LogP) is 5.63. The first-order valence-corrected chi connectivity index (χ1v) is 9.74. The van der Waals surface area contributed by atoms with E-state index in [-0.39, 0.29) is 11.9 Å². The standard InChI is InChI=1S/C19H14Cl2N4OS/c1-10-3-4-12(7-11(10)2)17(26)22-18-23-19-25(24-18)16(9-27-19)14-6-5-13(20)8-15(14)21/h3-9H,1-2H3,(H,22,24,26). The summed E-state index contributed by atoms with van der Waals surface area (Å²) in [5, 5.41) is 10.2. The minimum atomic E-state index is -0.248. The number of carbonyl (C=O) groups is 1. The fraction of sp³-hybridized carbons (Fsp3) is 0.105. The van der Waals surface area contributed by atoms with E-state index in [1.54, 1.807) is 22.7 Å². The van der Waals surface area contributed by atoms with E-state index in [1.807, 2.05) is 37.4 Å². The van der Waals surface area contributed by atoms with Gasteiger partial charge >= 0.3 is 0 Å². The van der Waals surface area contributed by atoms with Gasteiger partial charge in [0, 0.05) is 21.5 Å². The molecule has 1 N–H and O–H groups in total. The molecule has 0 bridgehead atoms. The van der Waals surface area contributed by atoms with Crippen molar-refractivity contribution >= 4 is 51.4 Å². The summed E-state index contributed by atoms with van der Waals surface area (Å²) in [5.74, 6) is -0.00107. The van der Waals surface area contributed by atoms with Crippen molar-refractivity contribution in [2.24, 2.45) is 0 Å². The first kappa shape index (κ1) is 18.0. The lowest BCUT2D eigenvalue weighted by Gasteiger charge is -2.05. The van der Waals surface area contributed by atoms with Crippen LogP contribution in [0.2, 0.25) is 10.0 Å². The molecule has 2 heterocycles. The van der Waals surface area contributed by atoms with Gasteiger partial charge in [0.05, 0.1) is 10.7 Å². The molecule has 2 aromatic carbocycles. The SMILES string of the molecule is Cc1ccc(C(=O)Nc2nc3scc(-c4ccc(Cl)cc4Cl)n3n2)cc1C. The molecule has 0 spiro atoms. The van der Waals surface area contributed by atoms with E-state index < -0.39 is 0 Å². The molecule has 0 aliphatic rings. The maximum atomic E-state index is 12.5. The maximum Gasteiger partial charge on any atom is 0.258 e. The van der Waals surface area contributed by atoms with E-state index in [0.29, 0.717) is 20.6 Å². The van der Waals surface area contributed by atoms with Crippen molar-refractivity contribution in [2.75, 3.05) is 5.32 Å². The molecule has 0 saturated carbocycles. The molecule has 1 amide bonds. The molecule has 8 heteroatoms. The molecule has 0 unspecified atom stereocenters. The molecule has 27 heavy (non-hydrogen) atoms. The number of rotatable bonds is 3. The van der Waals surface area contributed by atoms with Gasteiger partial charge in [-0.2, -0.15) is 4.98 Å². The molecular formula is C19H14Cl2N4OS. The van der Waals surface area contributed by atoms with Gasteiger partial charge in [0.2, 0.25) is 4.96 Å². The lowest BCUT2D eigenvalue weighted by molar-refractivity contribution is 0.102. The molecule has 136 valence electrons. The van der Waals surface area contributed by atoms with Gasteiger partial charge in [-0.3, -0.25) is 10.1 Å². The highest BCUT2D eigenvalue weighted by molar-refractivity contribution is 7.15. The maximum absolute atomic E-state index is 12.5. The molecule has 0 aliphatic carbocycles. The minimum Gasteiger partial charge on any atom is -0.289 e. The number of hydrogen-bond donors (Lipinski definition) is 1. The second-order valence-corrected chi connectivity index (χ2v) is 7.81. The number of nitrogens with one attached hydrogen (secondary N) is 1. The largest absolute Gasteiger partial charge is 0.289 e. The fourth-order valence-electron chi connectivity index (χ4n) is 2.67. The van der Waals surface area contributed by atoms with Gasteiger partial charge < -0.3 is 0 Å². The Labute approximate surface area is 169 Å². The van der Waals surface area contributed by atoms with Crippen LogP contribution in [0.25, 0.3) is 16.2 Å². The van der Waals surface area contributed by atoms with E-state index in [1.165, 1.54) is 11.3 Å². The van der Waals surface area contributed by atoms with Crippen molar-refractivity contribution in [1.82, 2.24) is 14.6 Å². The van der Waals surface area contributed by atoms with Gasteiger partial charge in [-0.1, -0.05) is 29.3 Å². The van der Waals surface area contributed by atoms with Gasteiger partial charge in [0.1, 0.15) is 0 Å². The number of aryl methyl sites for hydroxylation is 2. The van der Waals surface area contributed by atoms with Crippen molar-refractivity contribution in [3.8, 4) is 11.3 Å². The molecule has 2 aromatic heterocycles. The van der Waals surface area contributed by atoms with Crippen LogP contribution < -0.4 is 5.32 Å². The molecule has 5 nitrogen and oxygen atoms in total. The van der Waals surface area contributed by atoms with Crippen molar-refractivity contribution < 1.29 is 4.79 Å². The second kappa shape index (κ2) is 6.96. The number of aromatic nitrogens is 3. The van der Waals surface area contributed by atoms with Gasteiger partial charge in [-0.25, -0.2) is 4.52 Å². The van der Waals surface area contributed by atoms with E-state index >= 15 is 0 Å². The van der Waals surface area contributed by atoms with E-state index in [2.05, 4.69) is 15.4 Å². The number of benzene rings is 2. The number of fused-ring (bicyclic) bond motifs is 1. The molecule has 0 atom stereocenters. The monoisotopic (exact) mass is 416 g/mol. The summed E-state index contributed by atoms with van der Waals surface area (Å²) in [7, 11) is 0. The van der Waals surface area contributed by atoms with Crippen molar-refractivity contribution in [2.45, 2.75) is 13.8 Å². The number of halogens is 2. The third-order valence-electron chi connectivity index (χ3n) is 4.28. The number of nitrogens with zero attached hydrogens (tertiary/aromatic N) is 3. The van der Waals surface area contributed by atoms with E-state index in [4.69, 9.17) is 23.2 Å². The molecule has 0 aliphatic heterocycles. The number of hydrogen-bond acceptors (Lipinski definition) is 4. The Morgan fingerprint density at radius 1 is 1.11 bits per heavy atom. The summed E-state index contributed by atoms with van der Waals surface area (Å²) >= 11 is 13.7. The van der Waals surface area contributed by atoms with E-state index in [9.17, 15) is 4.79 Å². The predicted molar refractivity (Wildman–Crippen MR) is 110 cm³/mol. The van der Waals surface area contributed by atoms with Crippen LogP contribution in [0.15, 0.2) is 41.8 Å². The molecular weight excluding hydrogens is 403 g/mol. The Bertz CT molecular complexity index is 1180. The fourth-order valence-corrected chi connectivity index (χ4v) is 4.00. The van der Waals surface area contributed by atoms with Crippen LogP contribution >= 0.6 is 34.5 Å². The van der Waals surface area contributed by atoms with E-state index in [0.717, 1.165) is 22.4 Å². The van der Waals surface area contributed by atoms with Gasteiger partial charge in [-0.05, 0) is 55.3 Å². The summed E-state index contributed by atoms with van der Waals surface area (Å²) < 4.78 is 1.66. The minimum absolute atomic E-state index is 0.247. The van der Waals surface area contributed by atoms with Crippen LogP contribution in [0.1, 0.15) is 21.5 Å². The number of carbonyl (C=O) groups excluding carboxylic acids is 1. The molecule has 0 radical (unpaired) electrons. The Kier molecular flexibility index (Phi) is 4.63. The van der Waals surface area contributed by atoms with Crippen molar-refractivity contribution in [3.63, 3.8) is 0 Å². The zero-order valence-corrected chi connectivity index (χ0v) is 16.8. The summed E-state index contributed by atoms with van der Waals surface area (Å²) in [5.41, 5.74) is 4.34. The van der Waals surface area contributed by atoms with Crippen LogP contribution in [0.3, 0.4) is 0 Å². The first-order valence-electron chi connectivity index (χ1n) is 8.10. The first-order chi connectivity index (χ1) is 12.9. The highest BCUT2D eigenvalue weighted by Gasteiger charge is 2.16. The molecule has 4 aromatic rings. The Hall–Kier alpha value is -2.41.